The van der Waals surface area contributed by atoms with Crippen molar-refractivity contribution in [2.75, 3.05) is 0 Å². The molecule has 0 saturated carbocycles. The van der Waals surface area contributed by atoms with Gasteiger partial charge >= 0.3 is 0 Å². The molecule has 47 heavy (non-hydrogen) atoms. The van der Waals surface area contributed by atoms with Gasteiger partial charge < -0.3 is 4.42 Å². The van der Waals surface area contributed by atoms with Crippen LogP contribution >= 0.6 is 0 Å². The first-order valence-corrected chi connectivity index (χ1v) is 15.7. The second kappa shape index (κ2) is 11.2. The number of hydrogen-bond acceptors (Lipinski definition) is 4. The maximum atomic E-state index is 6.18. The molecule has 9 aromatic rings. The third-order valence-corrected chi connectivity index (χ3v) is 8.94. The Labute approximate surface area is 271 Å². The van der Waals surface area contributed by atoms with Gasteiger partial charge in [-0.3, -0.25) is 4.98 Å². The molecule has 0 fully saturated rings. The van der Waals surface area contributed by atoms with E-state index in [0.717, 1.165) is 27.8 Å². The molecule has 9 rings (SSSR count). The first-order chi connectivity index (χ1) is 23.3. The summed E-state index contributed by atoms with van der Waals surface area (Å²) in [6, 6.07) is 53.0. The zero-order chi connectivity index (χ0) is 31.2. The topological polar surface area (TPSA) is 51.8 Å². The van der Waals surface area contributed by atoms with Crippen LogP contribution in [0.25, 0.3) is 88.6 Å². The standard InChI is InChI=1S/C43H27N3O/c1-2-9-33-26-34(24-17-28(33)8-1)29-15-20-31(21-16-29)42-45-46-43(47-42)32-22-18-30(19-23-32)40-36-11-3-5-13-38(36)41(35-10-7-25-44-27-35)39-14-6-4-12-37(39)40/h1-27H. The zero-order valence-electron chi connectivity index (χ0n) is 25.3. The van der Waals surface area contributed by atoms with Gasteiger partial charge in [0.15, 0.2) is 0 Å². The van der Waals surface area contributed by atoms with Crippen LogP contribution in [0.2, 0.25) is 0 Å². The molecule has 0 aliphatic heterocycles. The molecule has 0 amide bonds. The number of pyridine rings is 1. The minimum Gasteiger partial charge on any atom is -0.416 e. The highest BCUT2D eigenvalue weighted by atomic mass is 16.4. The van der Waals surface area contributed by atoms with E-state index in [4.69, 9.17) is 4.42 Å². The minimum atomic E-state index is 0.492. The summed E-state index contributed by atoms with van der Waals surface area (Å²) in [6.07, 6.45) is 3.76. The van der Waals surface area contributed by atoms with E-state index in [2.05, 4.69) is 149 Å². The highest BCUT2D eigenvalue weighted by Crippen LogP contribution is 2.43. The van der Waals surface area contributed by atoms with Crippen molar-refractivity contribution in [2.45, 2.75) is 0 Å². The van der Waals surface area contributed by atoms with Gasteiger partial charge in [0.2, 0.25) is 11.8 Å². The molecule has 220 valence electrons. The average molecular weight is 602 g/mol. The van der Waals surface area contributed by atoms with Gasteiger partial charge in [-0.15, -0.1) is 10.2 Å². The molecule has 0 bridgehead atoms. The molecule has 2 heterocycles. The summed E-state index contributed by atoms with van der Waals surface area (Å²) in [4.78, 5) is 4.42. The van der Waals surface area contributed by atoms with E-state index in [1.165, 1.54) is 49.0 Å². The van der Waals surface area contributed by atoms with Crippen LogP contribution in [0, 0.1) is 0 Å². The molecule has 4 nitrogen and oxygen atoms in total. The van der Waals surface area contributed by atoms with E-state index in [-0.39, 0.29) is 0 Å². The number of hydrogen-bond donors (Lipinski definition) is 0. The Hall–Kier alpha value is -6.39. The molecular weight excluding hydrogens is 574 g/mol. The first-order valence-electron chi connectivity index (χ1n) is 15.7. The third kappa shape index (κ3) is 4.75. The second-order valence-electron chi connectivity index (χ2n) is 11.7. The highest BCUT2D eigenvalue weighted by molar-refractivity contribution is 6.21. The predicted molar refractivity (Wildman–Crippen MR) is 192 cm³/mol. The number of fused-ring (bicyclic) bond motifs is 3. The van der Waals surface area contributed by atoms with Crippen molar-refractivity contribution in [2.24, 2.45) is 0 Å². The molecular formula is C43H27N3O. The molecule has 0 saturated heterocycles. The second-order valence-corrected chi connectivity index (χ2v) is 11.7. The van der Waals surface area contributed by atoms with Crippen molar-refractivity contribution in [1.82, 2.24) is 15.2 Å². The quantitative estimate of drug-likeness (QED) is 0.184. The largest absolute Gasteiger partial charge is 0.416 e. The molecule has 0 unspecified atom stereocenters. The van der Waals surface area contributed by atoms with Crippen LogP contribution < -0.4 is 0 Å². The van der Waals surface area contributed by atoms with Gasteiger partial charge in [0.05, 0.1) is 0 Å². The molecule has 4 heteroatoms. The smallest absolute Gasteiger partial charge is 0.248 e. The van der Waals surface area contributed by atoms with Crippen LogP contribution in [0.4, 0.5) is 0 Å². The summed E-state index contributed by atoms with van der Waals surface area (Å²) < 4.78 is 6.18. The number of nitrogens with zero attached hydrogens (tertiary/aromatic N) is 3. The molecule has 2 aromatic heterocycles. The number of benzene rings is 7. The lowest BCUT2D eigenvalue weighted by molar-refractivity contribution is 0.584. The van der Waals surface area contributed by atoms with Crippen LogP contribution in [0.15, 0.2) is 168 Å². The van der Waals surface area contributed by atoms with Gasteiger partial charge in [-0.05, 0) is 96.5 Å². The molecule has 0 spiro atoms. The fraction of sp³-hybridized carbons (Fsp3) is 0. The Balaban J connectivity index is 1.05. The summed E-state index contributed by atoms with van der Waals surface area (Å²) in [5.74, 6) is 0.990. The van der Waals surface area contributed by atoms with Gasteiger partial charge in [-0.2, -0.15) is 0 Å². The summed E-state index contributed by atoms with van der Waals surface area (Å²) >= 11 is 0. The Morgan fingerprint density at radius 3 is 1.43 bits per heavy atom. The summed E-state index contributed by atoms with van der Waals surface area (Å²) in [6.45, 7) is 0. The minimum absolute atomic E-state index is 0.492. The third-order valence-electron chi connectivity index (χ3n) is 8.94. The van der Waals surface area contributed by atoms with Crippen molar-refractivity contribution in [1.29, 1.82) is 0 Å². The van der Waals surface area contributed by atoms with Gasteiger partial charge in [-0.1, -0.05) is 115 Å². The molecule has 0 atom stereocenters. The van der Waals surface area contributed by atoms with Crippen molar-refractivity contribution in [3.63, 3.8) is 0 Å². The Morgan fingerprint density at radius 2 is 0.851 bits per heavy atom. The van der Waals surface area contributed by atoms with Gasteiger partial charge in [0, 0.05) is 29.1 Å². The van der Waals surface area contributed by atoms with Crippen molar-refractivity contribution in [3.05, 3.63) is 164 Å². The van der Waals surface area contributed by atoms with Crippen molar-refractivity contribution >= 4 is 32.3 Å². The molecule has 0 aliphatic carbocycles. The van der Waals surface area contributed by atoms with E-state index in [1.807, 2.05) is 30.6 Å². The van der Waals surface area contributed by atoms with E-state index >= 15 is 0 Å². The maximum absolute atomic E-state index is 6.18. The number of rotatable bonds is 5. The molecule has 0 N–H and O–H groups in total. The zero-order valence-corrected chi connectivity index (χ0v) is 25.3. The molecule has 7 aromatic carbocycles. The lowest BCUT2D eigenvalue weighted by atomic mass is 9.86. The van der Waals surface area contributed by atoms with Gasteiger partial charge in [0.1, 0.15) is 0 Å². The first kappa shape index (κ1) is 27.0. The fourth-order valence-electron chi connectivity index (χ4n) is 6.67. The van der Waals surface area contributed by atoms with Crippen LogP contribution in [0.3, 0.4) is 0 Å². The maximum Gasteiger partial charge on any atom is 0.248 e. The lowest BCUT2D eigenvalue weighted by Crippen LogP contribution is -1.91. The SMILES string of the molecule is c1cncc(-c2c3ccccc3c(-c3ccc(-c4nnc(-c5ccc(-c6ccc7ccccc7c6)cc5)o4)cc3)c3ccccc23)c1. The summed E-state index contributed by atoms with van der Waals surface area (Å²) in [5.41, 5.74) is 8.72. The Kier molecular flexibility index (Phi) is 6.43. The molecule has 0 aliphatic rings. The Bertz CT molecular complexity index is 2490. The fourth-order valence-corrected chi connectivity index (χ4v) is 6.67. The molecule has 0 radical (unpaired) electrons. The van der Waals surface area contributed by atoms with E-state index in [9.17, 15) is 0 Å². The van der Waals surface area contributed by atoms with Crippen LogP contribution in [-0.4, -0.2) is 15.2 Å². The van der Waals surface area contributed by atoms with Crippen LogP contribution in [-0.2, 0) is 0 Å². The Morgan fingerprint density at radius 1 is 0.362 bits per heavy atom. The average Bonchev–Trinajstić information content (AvgIpc) is 3.65. The summed E-state index contributed by atoms with van der Waals surface area (Å²) in [7, 11) is 0. The lowest BCUT2D eigenvalue weighted by Gasteiger charge is -2.17. The highest BCUT2D eigenvalue weighted by Gasteiger charge is 2.17. The van der Waals surface area contributed by atoms with Crippen LogP contribution in [0.1, 0.15) is 0 Å². The monoisotopic (exact) mass is 601 g/mol. The number of aromatic nitrogens is 3. The van der Waals surface area contributed by atoms with Gasteiger partial charge in [0.25, 0.3) is 0 Å². The van der Waals surface area contributed by atoms with E-state index in [1.54, 1.807) is 0 Å². The normalized spacial score (nSPS) is 11.4. The van der Waals surface area contributed by atoms with Crippen molar-refractivity contribution < 1.29 is 4.42 Å². The van der Waals surface area contributed by atoms with Gasteiger partial charge in [-0.25, -0.2) is 0 Å². The predicted octanol–water partition coefficient (Wildman–Crippen LogP) is 11.3. The summed E-state index contributed by atoms with van der Waals surface area (Å²) in [5, 5.41) is 16.0. The van der Waals surface area contributed by atoms with E-state index < -0.39 is 0 Å². The van der Waals surface area contributed by atoms with Crippen LogP contribution in [0.5, 0.6) is 0 Å². The van der Waals surface area contributed by atoms with Crippen molar-refractivity contribution in [3.8, 4) is 56.3 Å². The van der Waals surface area contributed by atoms with E-state index in [0.29, 0.717) is 11.8 Å².